The van der Waals surface area contributed by atoms with Crippen molar-refractivity contribution in [2.24, 2.45) is 0 Å². The fourth-order valence-corrected chi connectivity index (χ4v) is 5.52. The fraction of sp³-hybridized carbons (Fsp3) is 0.571. The SMILES string of the molecule is CCCS(=O)(=O)N1CCN(S(=O)(=O)c2cccc(C)c2)CC1. The van der Waals surface area contributed by atoms with E-state index in [-0.39, 0.29) is 36.8 Å². The molecule has 6 nitrogen and oxygen atoms in total. The van der Waals surface area contributed by atoms with Crippen molar-refractivity contribution in [3.05, 3.63) is 29.8 Å². The standard InChI is InChI=1S/C14H22N2O4S2/c1-3-11-21(17,18)15-7-9-16(10-8-15)22(19,20)14-6-4-5-13(2)12-14/h4-6,12H,3,7-11H2,1-2H3. The number of piperazine rings is 1. The van der Waals surface area contributed by atoms with Crippen molar-refractivity contribution in [1.82, 2.24) is 8.61 Å². The van der Waals surface area contributed by atoms with E-state index in [1.807, 2.05) is 19.9 Å². The van der Waals surface area contributed by atoms with Gasteiger partial charge in [0.2, 0.25) is 20.0 Å². The zero-order valence-corrected chi connectivity index (χ0v) is 14.5. The summed E-state index contributed by atoms with van der Waals surface area (Å²) in [5, 5.41) is 0. The zero-order chi connectivity index (χ0) is 16.4. The highest BCUT2D eigenvalue weighted by Crippen LogP contribution is 2.19. The lowest BCUT2D eigenvalue weighted by molar-refractivity contribution is 0.273. The summed E-state index contributed by atoms with van der Waals surface area (Å²) in [6.45, 7) is 4.48. The molecule has 22 heavy (non-hydrogen) atoms. The highest BCUT2D eigenvalue weighted by Gasteiger charge is 2.32. The molecule has 1 aliphatic heterocycles. The summed E-state index contributed by atoms with van der Waals surface area (Å²) in [6.07, 6.45) is 0.560. The molecule has 1 fully saturated rings. The van der Waals surface area contributed by atoms with Crippen LogP contribution in [0.1, 0.15) is 18.9 Å². The predicted octanol–water partition coefficient (Wildman–Crippen LogP) is 1.04. The van der Waals surface area contributed by atoms with Crippen LogP contribution in [0.5, 0.6) is 0 Å². The third kappa shape index (κ3) is 3.68. The van der Waals surface area contributed by atoms with Crippen LogP contribution in [-0.4, -0.2) is 57.4 Å². The largest absolute Gasteiger partial charge is 0.243 e. The maximum absolute atomic E-state index is 12.6. The van der Waals surface area contributed by atoms with Crippen LogP contribution in [0.2, 0.25) is 0 Å². The van der Waals surface area contributed by atoms with Crippen LogP contribution < -0.4 is 0 Å². The average molecular weight is 346 g/mol. The molecular weight excluding hydrogens is 324 g/mol. The molecule has 1 aromatic rings. The summed E-state index contributed by atoms with van der Waals surface area (Å²) >= 11 is 0. The van der Waals surface area contributed by atoms with Gasteiger partial charge in [-0.2, -0.15) is 8.61 Å². The van der Waals surface area contributed by atoms with Gasteiger partial charge in [-0.25, -0.2) is 16.8 Å². The van der Waals surface area contributed by atoms with Gasteiger partial charge in [-0.15, -0.1) is 0 Å². The summed E-state index contributed by atoms with van der Waals surface area (Å²) in [4.78, 5) is 0.261. The molecule has 1 heterocycles. The lowest BCUT2D eigenvalue weighted by Crippen LogP contribution is -2.50. The fourth-order valence-electron chi connectivity index (χ4n) is 2.50. The van der Waals surface area contributed by atoms with Gasteiger partial charge in [0.15, 0.2) is 0 Å². The number of hydrogen-bond donors (Lipinski definition) is 0. The second-order valence-corrected chi connectivity index (χ2v) is 9.46. The minimum Gasteiger partial charge on any atom is -0.212 e. The van der Waals surface area contributed by atoms with Gasteiger partial charge in [0.25, 0.3) is 0 Å². The molecule has 0 aromatic heterocycles. The van der Waals surface area contributed by atoms with E-state index in [1.165, 1.54) is 8.61 Å². The molecular formula is C14H22N2O4S2. The van der Waals surface area contributed by atoms with E-state index >= 15 is 0 Å². The highest BCUT2D eigenvalue weighted by molar-refractivity contribution is 7.89. The maximum atomic E-state index is 12.6. The quantitative estimate of drug-likeness (QED) is 0.798. The molecule has 0 atom stereocenters. The topological polar surface area (TPSA) is 74.8 Å². The Morgan fingerprint density at radius 3 is 2.14 bits per heavy atom. The minimum absolute atomic E-state index is 0.109. The van der Waals surface area contributed by atoms with Crippen molar-refractivity contribution in [1.29, 1.82) is 0 Å². The van der Waals surface area contributed by atoms with Crippen molar-refractivity contribution in [3.8, 4) is 0 Å². The molecule has 0 N–H and O–H groups in total. The van der Waals surface area contributed by atoms with Crippen molar-refractivity contribution >= 4 is 20.0 Å². The van der Waals surface area contributed by atoms with Gasteiger partial charge in [-0.1, -0.05) is 19.1 Å². The van der Waals surface area contributed by atoms with E-state index in [0.717, 1.165) is 5.56 Å². The smallest absolute Gasteiger partial charge is 0.212 e. The van der Waals surface area contributed by atoms with Crippen LogP contribution in [0.15, 0.2) is 29.2 Å². The van der Waals surface area contributed by atoms with Crippen LogP contribution in [0.3, 0.4) is 0 Å². The van der Waals surface area contributed by atoms with Crippen LogP contribution in [0.4, 0.5) is 0 Å². The van der Waals surface area contributed by atoms with Gasteiger partial charge in [-0.3, -0.25) is 0 Å². The first kappa shape index (κ1) is 17.4. The van der Waals surface area contributed by atoms with Gasteiger partial charge >= 0.3 is 0 Å². The normalized spacial score (nSPS) is 18.5. The van der Waals surface area contributed by atoms with Crippen molar-refractivity contribution in [3.63, 3.8) is 0 Å². The van der Waals surface area contributed by atoms with Crippen LogP contribution in [0, 0.1) is 6.92 Å². The van der Waals surface area contributed by atoms with Crippen molar-refractivity contribution in [2.45, 2.75) is 25.2 Å². The zero-order valence-electron chi connectivity index (χ0n) is 12.9. The molecule has 2 rings (SSSR count). The second-order valence-electron chi connectivity index (χ2n) is 5.44. The summed E-state index contributed by atoms with van der Waals surface area (Å²) in [5.41, 5.74) is 0.880. The first-order chi connectivity index (χ1) is 10.3. The Morgan fingerprint density at radius 1 is 1.00 bits per heavy atom. The Kier molecular flexibility index (Phi) is 5.26. The summed E-state index contributed by atoms with van der Waals surface area (Å²) in [6, 6.07) is 6.76. The van der Waals surface area contributed by atoms with Crippen LogP contribution in [-0.2, 0) is 20.0 Å². The number of sulfonamides is 2. The van der Waals surface area contributed by atoms with E-state index in [9.17, 15) is 16.8 Å². The Bertz CT molecular complexity index is 721. The van der Waals surface area contributed by atoms with Crippen molar-refractivity contribution in [2.75, 3.05) is 31.9 Å². The van der Waals surface area contributed by atoms with E-state index in [2.05, 4.69) is 0 Å². The van der Waals surface area contributed by atoms with Gasteiger partial charge in [0.05, 0.1) is 10.6 Å². The van der Waals surface area contributed by atoms with Crippen LogP contribution in [0.25, 0.3) is 0 Å². The molecule has 124 valence electrons. The highest BCUT2D eigenvalue weighted by atomic mass is 32.2. The maximum Gasteiger partial charge on any atom is 0.243 e. The van der Waals surface area contributed by atoms with Gasteiger partial charge in [0.1, 0.15) is 0 Å². The monoisotopic (exact) mass is 346 g/mol. The molecule has 1 aromatic carbocycles. The molecule has 0 unspecified atom stereocenters. The van der Waals surface area contributed by atoms with Gasteiger partial charge < -0.3 is 0 Å². The Morgan fingerprint density at radius 2 is 1.59 bits per heavy atom. The number of nitrogens with zero attached hydrogens (tertiary/aromatic N) is 2. The molecule has 0 radical (unpaired) electrons. The summed E-state index contributed by atoms with van der Waals surface area (Å²) in [7, 11) is -6.82. The number of rotatable bonds is 5. The third-order valence-corrected chi connectivity index (χ3v) is 7.65. The lowest BCUT2D eigenvalue weighted by Gasteiger charge is -2.33. The number of benzene rings is 1. The lowest BCUT2D eigenvalue weighted by atomic mass is 10.2. The number of aryl methyl sites for hydroxylation is 1. The summed E-state index contributed by atoms with van der Waals surface area (Å²) in [5.74, 6) is 0.109. The Labute approximate surface area is 132 Å². The third-order valence-electron chi connectivity index (χ3n) is 3.68. The first-order valence-electron chi connectivity index (χ1n) is 7.32. The van der Waals surface area contributed by atoms with Crippen molar-refractivity contribution < 1.29 is 16.8 Å². The molecule has 0 amide bonds. The van der Waals surface area contributed by atoms with E-state index in [1.54, 1.807) is 18.2 Å². The van der Waals surface area contributed by atoms with Gasteiger partial charge in [0, 0.05) is 26.2 Å². The molecule has 0 spiro atoms. The Balaban J connectivity index is 2.11. The van der Waals surface area contributed by atoms with E-state index < -0.39 is 20.0 Å². The van der Waals surface area contributed by atoms with Gasteiger partial charge in [-0.05, 0) is 31.0 Å². The predicted molar refractivity (Wildman–Crippen MR) is 85.6 cm³/mol. The Hall–Kier alpha value is -0.960. The molecule has 1 saturated heterocycles. The second kappa shape index (κ2) is 6.66. The first-order valence-corrected chi connectivity index (χ1v) is 10.4. The molecule has 1 aliphatic rings. The molecule has 0 aliphatic carbocycles. The van der Waals surface area contributed by atoms with E-state index in [4.69, 9.17) is 0 Å². The van der Waals surface area contributed by atoms with Crippen LogP contribution >= 0.6 is 0 Å². The average Bonchev–Trinajstić information content (AvgIpc) is 2.47. The minimum atomic E-state index is -3.55. The molecule has 8 heteroatoms. The van der Waals surface area contributed by atoms with E-state index in [0.29, 0.717) is 6.42 Å². The molecule has 0 bridgehead atoms. The molecule has 0 saturated carbocycles. The summed E-state index contributed by atoms with van der Waals surface area (Å²) < 4.78 is 51.9. The number of hydrogen-bond acceptors (Lipinski definition) is 4.